The van der Waals surface area contributed by atoms with Crippen molar-refractivity contribution in [2.24, 2.45) is 0 Å². The molecule has 0 fully saturated rings. The molecule has 2 rings (SSSR count). The van der Waals surface area contributed by atoms with E-state index in [1.807, 2.05) is 55.5 Å². The van der Waals surface area contributed by atoms with E-state index in [2.05, 4.69) is 10.6 Å². The summed E-state index contributed by atoms with van der Waals surface area (Å²) in [6.07, 6.45) is 0. The third-order valence-electron chi connectivity index (χ3n) is 3.02. The highest BCUT2D eigenvalue weighted by Gasteiger charge is 2.03. The maximum atomic E-state index is 11.7. The average molecular weight is 300 g/mol. The van der Waals surface area contributed by atoms with Gasteiger partial charge in [0.05, 0.1) is 13.7 Å². The molecule has 0 atom stereocenters. The van der Waals surface area contributed by atoms with Gasteiger partial charge in [0, 0.05) is 5.69 Å². The smallest absolute Gasteiger partial charge is 0.319 e. The minimum Gasteiger partial charge on any atom is -0.493 e. The fourth-order valence-electron chi connectivity index (χ4n) is 1.88. The molecule has 0 saturated heterocycles. The summed E-state index contributed by atoms with van der Waals surface area (Å²) in [4.78, 5) is 11.7. The Morgan fingerprint density at radius 1 is 1.05 bits per heavy atom. The van der Waals surface area contributed by atoms with E-state index in [1.54, 1.807) is 7.11 Å². The van der Waals surface area contributed by atoms with E-state index in [4.69, 9.17) is 9.47 Å². The van der Waals surface area contributed by atoms with Crippen LogP contribution in [0.25, 0.3) is 0 Å². The summed E-state index contributed by atoms with van der Waals surface area (Å²) >= 11 is 0. The SMILES string of the molecule is COc1ccccc1OCCNC(=O)Nc1ccc(C)cc1. The van der Waals surface area contributed by atoms with Crippen molar-refractivity contribution in [3.63, 3.8) is 0 Å². The largest absolute Gasteiger partial charge is 0.493 e. The number of methoxy groups -OCH3 is 1. The minimum atomic E-state index is -0.257. The van der Waals surface area contributed by atoms with Crippen molar-refractivity contribution < 1.29 is 14.3 Å². The third kappa shape index (κ3) is 4.70. The van der Waals surface area contributed by atoms with E-state index < -0.39 is 0 Å². The molecule has 5 heteroatoms. The zero-order valence-electron chi connectivity index (χ0n) is 12.8. The first-order valence-corrected chi connectivity index (χ1v) is 7.06. The molecule has 0 spiro atoms. The number of ether oxygens (including phenoxy) is 2. The van der Waals surface area contributed by atoms with Crippen molar-refractivity contribution in [3.05, 3.63) is 54.1 Å². The first kappa shape index (κ1) is 15.7. The van der Waals surface area contributed by atoms with E-state index in [0.717, 1.165) is 11.3 Å². The molecule has 0 aliphatic heterocycles. The van der Waals surface area contributed by atoms with Gasteiger partial charge in [0.15, 0.2) is 11.5 Å². The van der Waals surface area contributed by atoms with Crippen LogP contribution in [0.3, 0.4) is 0 Å². The Morgan fingerprint density at radius 3 is 2.41 bits per heavy atom. The standard InChI is InChI=1S/C17H20N2O3/c1-13-7-9-14(10-8-13)19-17(20)18-11-12-22-16-6-4-3-5-15(16)21-2/h3-10H,11-12H2,1-2H3,(H2,18,19,20). The van der Waals surface area contributed by atoms with Crippen molar-refractivity contribution in [1.82, 2.24) is 5.32 Å². The minimum absolute atomic E-state index is 0.257. The summed E-state index contributed by atoms with van der Waals surface area (Å²) < 4.78 is 10.8. The van der Waals surface area contributed by atoms with Crippen molar-refractivity contribution in [3.8, 4) is 11.5 Å². The van der Waals surface area contributed by atoms with Crippen LogP contribution < -0.4 is 20.1 Å². The molecule has 2 aromatic carbocycles. The van der Waals surface area contributed by atoms with Crippen LogP contribution in [0.2, 0.25) is 0 Å². The van der Waals surface area contributed by atoms with Gasteiger partial charge in [0.2, 0.25) is 0 Å². The number of aryl methyl sites for hydroxylation is 1. The molecule has 2 N–H and O–H groups in total. The Labute approximate surface area is 130 Å². The summed E-state index contributed by atoms with van der Waals surface area (Å²) in [6.45, 7) is 2.76. The number of amides is 2. The molecule has 0 saturated carbocycles. The maximum Gasteiger partial charge on any atom is 0.319 e. The van der Waals surface area contributed by atoms with E-state index in [-0.39, 0.29) is 6.03 Å². The zero-order chi connectivity index (χ0) is 15.8. The lowest BCUT2D eigenvalue weighted by Crippen LogP contribution is -2.32. The van der Waals surface area contributed by atoms with Crippen LogP contribution >= 0.6 is 0 Å². The van der Waals surface area contributed by atoms with Crippen molar-refractivity contribution >= 4 is 11.7 Å². The second kappa shape index (κ2) is 7.93. The van der Waals surface area contributed by atoms with E-state index in [1.165, 1.54) is 0 Å². The molecule has 2 aromatic rings. The van der Waals surface area contributed by atoms with Gasteiger partial charge in [-0.3, -0.25) is 0 Å². The second-order valence-electron chi connectivity index (χ2n) is 4.75. The van der Waals surface area contributed by atoms with Gasteiger partial charge < -0.3 is 20.1 Å². The van der Waals surface area contributed by atoms with Crippen molar-refractivity contribution in [2.75, 3.05) is 25.6 Å². The molecule has 22 heavy (non-hydrogen) atoms. The highest BCUT2D eigenvalue weighted by molar-refractivity contribution is 5.89. The van der Waals surface area contributed by atoms with Crippen LogP contribution in [0.1, 0.15) is 5.56 Å². The normalized spacial score (nSPS) is 9.91. The van der Waals surface area contributed by atoms with Gasteiger partial charge in [-0.1, -0.05) is 29.8 Å². The Bertz CT molecular complexity index is 612. The average Bonchev–Trinajstić information content (AvgIpc) is 2.54. The van der Waals surface area contributed by atoms with Gasteiger partial charge in [-0.2, -0.15) is 0 Å². The number of hydrogen-bond acceptors (Lipinski definition) is 3. The van der Waals surface area contributed by atoms with Gasteiger partial charge in [-0.05, 0) is 31.2 Å². The quantitative estimate of drug-likeness (QED) is 0.805. The number of benzene rings is 2. The van der Waals surface area contributed by atoms with Gasteiger partial charge in [0.1, 0.15) is 6.61 Å². The monoisotopic (exact) mass is 300 g/mol. The molecule has 0 aliphatic rings. The van der Waals surface area contributed by atoms with Crippen LogP contribution in [-0.4, -0.2) is 26.3 Å². The van der Waals surface area contributed by atoms with E-state index >= 15 is 0 Å². The molecule has 0 heterocycles. The molecule has 0 aliphatic carbocycles. The number of hydrogen-bond donors (Lipinski definition) is 2. The molecule has 0 bridgehead atoms. The Morgan fingerprint density at radius 2 is 1.73 bits per heavy atom. The maximum absolute atomic E-state index is 11.7. The lowest BCUT2D eigenvalue weighted by atomic mass is 10.2. The van der Waals surface area contributed by atoms with E-state index in [9.17, 15) is 4.79 Å². The number of carbonyl (C=O) groups excluding carboxylic acids is 1. The number of para-hydroxylation sites is 2. The lowest BCUT2D eigenvalue weighted by molar-refractivity contribution is 0.246. The molecule has 2 amide bonds. The van der Waals surface area contributed by atoms with Crippen LogP contribution in [0, 0.1) is 6.92 Å². The van der Waals surface area contributed by atoms with Gasteiger partial charge in [0.25, 0.3) is 0 Å². The molecule has 116 valence electrons. The van der Waals surface area contributed by atoms with Crippen LogP contribution in [0.15, 0.2) is 48.5 Å². The third-order valence-corrected chi connectivity index (χ3v) is 3.02. The molecular formula is C17H20N2O3. The van der Waals surface area contributed by atoms with Gasteiger partial charge >= 0.3 is 6.03 Å². The molecule has 0 radical (unpaired) electrons. The zero-order valence-corrected chi connectivity index (χ0v) is 12.8. The summed E-state index contributed by atoms with van der Waals surface area (Å²) in [5, 5.41) is 5.50. The number of carbonyl (C=O) groups is 1. The Kier molecular flexibility index (Phi) is 5.65. The van der Waals surface area contributed by atoms with Crippen LogP contribution in [0.5, 0.6) is 11.5 Å². The topological polar surface area (TPSA) is 59.6 Å². The van der Waals surface area contributed by atoms with Crippen molar-refractivity contribution in [1.29, 1.82) is 0 Å². The lowest BCUT2D eigenvalue weighted by Gasteiger charge is -2.11. The molecule has 0 unspecified atom stereocenters. The first-order valence-electron chi connectivity index (χ1n) is 7.06. The Balaban J connectivity index is 1.72. The van der Waals surface area contributed by atoms with E-state index in [0.29, 0.717) is 24.7 Å². The number of anilines is 1. The molecular weight excluding hydrogens is 280 g/mol. The Hall–Kier alpha value is -2.69. The first-order chi connectivity index (χ1) is 10.7. The summed E-state index contributed by atoms with van der Waals surface area (Å²) in [6, 6.07) is 14.8. The van der Waals surface area contributed by atoms with Crippen LogP contribution in [-0.2, 0) is 0 Å². The number of urea groups is 1. The number of nitrogens with one attached hydrogen (secondary N) is 2. The van der Waals surface area contributed by atoms with Crippen LogP contribution in [0.4, 0.5) is 10.5 Å². The molecule has 0 aromatic heterocycles. The fourth-order valence-corrected chi connectivity index (χ4v) is 1.88. The summed E-state index contributed by atoms with van der Waals surface area (Å²) in [7, 11) is 1.59. The fraction of sp³-hybridized carbons (Fsp3) is 0.235. The second-order valence-corrected chi connectivity index (χ2v) is 4.75. The highest BCUT2D eigenvalue weighted by Crippen LogP contribution is 2.25. The number of rotatable bonds is 6. The summed E-state index contributed by atoms with van der Waals surface area (Å²) in [5.41, 5.74) is 1.91. The predicted octanol–water partition coefficient (Wildman–Crippen LogP) is 3.20. The summed E-state index contributed by atoms with van der Waals surface area (Å²) in [5.74, 6) is 1.33. The van der Waals surface area contributed by atoms with Crippen molar-refractivity contribution in [2.45, 2.75) is 6.92 Å². The highest BCUT2D eigenvalue weighted by atomic mass is 16.5. The molecule has 5 nitrogen and oxygen atoms in total. The van der Waals surface area contributed by atoms with Gasteiger partial charge in [-0.15, -0.1) is 0 Å². The predicted molar refractivity (Wildman–Crippen MR) is 86.7 cm³/mol. The van der Waals surface area contributed by atoms with Gasteiger partial charge in [-0.25, -0.2) is 4.79 Å².